The molecule has 0 amide bonds. The molecule has 2 rings (SSSR count). The van der Waals surface area contributed by atoms with Crippen molar-refractivity contribution in [3.63, 3.8) is 0 Å². The summed E-state index contributed by atoms with van der Waals surface area (Å²) in [4.78, 5) is 2.47. The van der Waals surface area contributed by atoms with E-state index >= 15 is 0 Å². The van der Waals surface area contributed by atoms with Crippen LogP contribution in [0, 0.1) is 5.92 Å². The molecule has 0 radical (unpaired) electrons. The Morgan fingerprint density at radius 3 is 3.00 bits per heavy atom. The molecule has 2 atom stereocenters. The van der Waals surface area contributed by atoms with Gasteiger partial charge in [0.15, 0.2) is 11.5 Å². The maximum atomic E-state index is 9.65. The maximum absolute atomic E-state index is 9.65. The average Bonchev–Trinajstić information content (AvgIpc) is 2.47. The molecule has 3 N–H and O–H groups in total. The number of rotatable bonds is 4. The summed E-state index contributed by atoms with van der Waals surface area (Å²) in [5.41, 5.74) is 6.96. The lowest BCUT2D eigenvalue weighted by molar-refractivity contribution is 0.134. The highest BCUT2D eigenvalue weighted by molar-refractivity contribution is 5.42. The van der Waals surface area contributed by atoms with Gasteiger partial charge in [-0.25, -0.2) is 0 Å². The number of benzene rings is 1. The highest BCUT2D eigenvalue weighted by Crippen LogP contribution is 2.32. The van der Waals surface area contributed by atoms with Gasteiger partial charge in [-0.2, -0.15) is 0 Å². The third-order valence-corrected chi connectivity index (χ3v) is 4.12. The number of ether oxygens (including phenoxy) is 1. The number of likely N-dealkylation sites (tertiary alicyclic amines) is 1. The smallest absolute Gasteiger partial charge is 0.160 e. The summed E-state index contributed by atoms with van der Waals surface area (Å²) in [6.45, 7) is 5.13. The van der Waals surface area contributed by atoms with Crippen molar-refractivity contribution in [1.82, 2.24) is 4.90 Å². The summed E-state index contributed by atoms with van der Waals surface area (Å²) in [7, 11) is 1.58. The van der Waals surface area contributed by atoms with Crippen LogP contribution in [0.4, 0.5) is 0 Å². The third-order valence-electron chi connectivity index (χ3n) is 4.12. The summed E-state index contributed by atoms with van der Waals surface area (Å²) < 4.78 is 5.18. The molecule has 4 nitrogen and oxygen atoms in total. The minimum atomic E-state index is 0.192. The van der Waals surface area contributed by atoms with Crippen molar-refractivity contribution < 1.29 is 9.84 Å². The molecule has 1 aromatic rings. The Hall–Kier alpha value is -1.26. The van der Waals surface area contributed by atoms with E-state index in [1.54, 1.807) is 13.2 Å². The Labute approximate surface area is 115 Å². The first-order valence-corrected chi connectivity index (χ1v) is 6.96. The van der Waals surface area contributed by atoms with Crippen molar-refractivity contribution in [2.45, 2.75) is 25.8 Å². The first-order valence-electron chi connectivity index (χ1n) is 6.96. The SMILES string of the molecule is COc1cc(C(C)N2CCCC(CN)C2)ccc1O. The van der Waals surface area contributed by atoms with Crippen molar-refractivity contribution in [1.29, 1.82) is 0 Å². The van der Waals surface area contributed by atoms with Crippen LogP contribution in [0.25, 0.3) is 0 Å². The normalized spacial score (nSPS) is 22.2. The van der Waals surface area contributed by atoms with Crippen LogP contribution in [0.2, 0.25) is 0 Å². The van der Waals surface area contributed by atoms with Gasteiger partial charge in [0, 0.05) is 12.6 Å². The van der Waals surface area contributed by atoms with Gasteiger partial charge in [-0.1, -0.05) is 6.07 Å². The Morgan fingerprint density at radius 2 is 2.32 bits per heavy atom. The second-order valence-corrected chi connectivity index (χ2v) is 5.35. The van der Waals surface area contributed by atoms with Crippen LogP contribution in [0.15, 0.2) is 18.2 Å². The molecule has 1 aliphatic rings. The summed E-state index contributed by atoms with van der Waals surface area (Å²) >= 11 is 0. The molecule has 0 aliphatic carbocycles. The van der Waals surface area contributed by atoms with Gasteiger partial charge in [0.2, 0.25) is 0 Å². The molecule has 0 aromatic heterocycles. The van der Waals surface area contributed by atoms with Gasteiger partial charge in [0.1, 0.15) is 0 Å². The van der Waals surface area contributed by atoms with Crippen molar-refractivity contribution in [2.75, 3.05) is 26.7 Å². The van der Waals surface area contributed by atoms with E-state index in [0.29, 0.717) is 17.7 Å². The minimum Gasteiger partial charge on any atom is -0.504 e. The molecule has 1 aromatic carbocycles. The fourth-order valence-corrected chi connectivity index (χ4v) is 2.81. The van der Waals surface area contributed by atoms with Gasteiger partial charge in [-0.3, -0.25) is 4.90 Å². The van der Waals surface area contributed by atoms with Crippen LogP contribution in [0.1, 0.15) is 31.4 Å². The molecule has 19 heavy (non-hydrogen) atoms. The Bertz CT molecular complexity index is 423. The van der Waals surface area contributed by atoms with E-state index in [0.717, 1.165) is 19.6 Å². The second-order valence-electron chi connectivity index (χ2n) is 5.35. The quantitative estimate of drug-likeness (QED) is 0.874. The zero-order valence-corrected chi connectivity index (χ0v) is 11.8. The lowest BCUT2D eigenvalue weighted by atomic mass is 9.95. The van der Waals surface area contributed by atoms with E-state index < -0.39 is 0 Å². The van der Waals surface area contributed by atoms with E-state index in [-0.39, 0.29) is 5.75 Å². The second kappa shape index (κ2) is 6.26. The van der Waals surface area contributed by atoms with Gasteiger partial charge in [-0.15, -0.1) is 0 Å². The van der Waals surface area contributed by atoms with Crippen molar-refractivity contribution in [3.8, 4) is 11.5 Å². The Kier molecular flexibility index (Phi) is 4.66. The van der Waals surface area contributed by atoms with Gasteiger partial charge < -0.3 is 15.6 Å². The first-order chi connectivity index (χ1) is 9.15. The average molecular weight is 264 g/mol. The molecule has 1 aliphatic heterocycles. The van der Waals surface area contributed by atoms with E-state index in [1.165, 1.54) is 18.4 Å². The fraction of sp³-hybridized carbons (Fsp3) is 0.600. The van der Waals surface area contributed by atoms with E-state index in [4.69, 9.17) is 10.5 Å². The number of aromatic hydroxyl groups is 1. The molecule has 1 fully saturated rings. The van der Waals surface area contributed by atoms with Crippen LogP contribution in [-0.4, -0.2) is 36.8 Å². The summed E-state index contributed by atoms with van der Waals surface area (Å²) in [6, 6.07) is 5.92. The third kappa shape index (κ3) is 3.19. The number of nitrogens with two attached hydrogens (primary N) is 1. The monoisotopic (exact) mass is 264 g/mol. The lowest BCUT2D eigenvalue weighted by Crippen LogP contribution is -2.39. The molecule has 1 saturated heterocycles. The first kappa shape index (κ1) is 14.2. The molecular weight excluding hydrogens is 240 g/mol. The fourth-order valence-electron chi connectivity index (χ4n) is 2.81. The van der Waals surface area contributed by atoms with Gasteiger partial charge >= 0.3 is 0 Å². The number of nitrogens with zero attached hydrogens (tertiary/aromatic N) is 1. The van der Waals surface area contributed by atoms with Crippen molar-refractivity contribution in [3.05, 3.63) is 23.8 Å². The molecule has 1 heterocycles. The van der Waals surface area contributed by atoms with Gasteiger partial charge in [-0.05, 0) is 56.5 Å². The maximum Gasteiger partial charge on any atom is 0.160 e. The van der Waals surface area contributed by atoms with E-state index in [2.05, 4.69) is 11.8 Å². The Balaban J connectivity index is 2.12. The van der Waals surface area contributed by atoms with Crippen LogP contribution in [-0.2, 0) is 0 Å². The number of phenolic OH excluding ortho intramolecular Hbond substituents is 1. The van der Waals surface area contributed by atoms with Crippen LogP contribution >= 0.6 is 0 Å². The number of methoxy groups -OCH3 is 1. The number of piperidine rings is 1. The van der Waals surface area contributed by atoms with Crippen molar-refractivity contribution in [2.24, 2.45) is 11.7 Å². The summed E-state index contributed by atoms with van der Waals surface area (Å²) in [6.07, 6.45) is 2.44. The topological polar surface area (TPSA) is 58.7 Å². The van der Waals surface area contributed by atoms with Crippen molar-refractivity contribution >= 4 is 0 Å². The molecule has 106 valence electrons. The molecule has 4 heteroatoms. The molecule has 2 unspecified atom stereocenters. The predicted octanol–water partition coefficient (Wildman–Crippen LogP) is 2.13. The largest absolute Gasteiger partial charge is 0.504 e. The number of hydrogen-bond donors (Lipinski definition) is 2. The lowest BCUT2D eigenvalue weighted by Gasteiger charge is -2.36. The van der Waals surface area contributed by atoms with E-state index in [9.17, 15) is 5.11 Å². The Morgan fingerprint density at radius 1 is 1.53 bits per heavy atom. The predicted molar refractivity (Wildman–Crippen MR) is 76.4 cm³/mol. The minimum absolute atomic E-state index is 0.192. The number of hydrogen-bond acceptors (Lipinski definition) is 4. The zero-order chi connectivity index (χ0) is 13.8. The van der Waals surface area contributed by atoms with E-state index in [1.807, 2.05) is 12.1 Å². The van der Waals surface area contributed by atoms with Gasteiger partial charge in [0.05, 0.1) is 7.11 Å². The summed E-state index contributed by atoms with van der Waals surface area (Å²) in [5, 5.41) is 9.65. The number of phenols is 1. The molecule has 0 bridgehead atoms. The molecule has 0 saturated carbocycles. The summed E-state index contributed by atoms with van der Waals surface area (Å²) in [5.74, 6) is 1.34. The standard InChI is InChI=1S/C15H24N2O2/c1-11(17-7-3-4-12(9-16)10-17)13-5-6-14(18)15(8-13)19-2/h5-6,8,11-12,18H,3-4,7,9-10,16H2,1-2H3. The van der Waals surface area contributed by atoms with Crippen LogP contribution in [0.5, 0.6) is 11.5 Å². The van der Waals surface area contributed by atoms with Crippen LogP contribution < -0.4 is 10.5 Å². The van der Waals surface area contributed by atoms with Crippen LogP contribution in [0.3, 0.4) is 0 Å². The molecule has 0 spiro atoms. The van der Waals surface area contributed by atoms with Gasteiger partial charge in [0.25, 0.3) is 0 Å². The highest BCUT2D eigenvalue weighted by Gasteiger charge is 2.24. The zero-order valence-electron chi connectivity index (χ0n) is 11.8. The molecular formula is C15H24N2O2. The highest BCUT2D eigenvalue weighted by atomic mass is 16.5.